The maximum Gasteiger partial charge on any atom is 0.266 e. The Labute approximate surface area is 188 Å². The molecule has 0 aliphatic carbocycles. The number of fused-ring (bicyclic) bond motifs is 1. The number of halogens is 1. The molecular formula is C23H17ClN2O2S2. The summed E-state index contributed by atoms with van der Waals surface area (Å²) in [6.45, 7) is 0.223. The van der Waals surface area contributed by atoms with Gasteiger partial charge in [0, 0.05) is 29.1 Å². The Hall–Kier alpha value is -2.67. The van der Waals surface area contributed by atoms with E-state index in [0.717, 1.165) is 22.0 Å². The van der Waals surface area contributed by atoms with Gasteiger partial charge in [0.2, 0.25) is 5.91 Å². The van der Waals surface area contributed by atoms with Crippen molar-refractivity contribution in [2.45, 2.75) is 6.42 Å². The normalized spacial score (nSPS) is 15.2. The van der Waals surface area contributed by atoms with Crippen molar-refractivity contribution in [3.05, 3.63) is 82.2 Å². The van der Waals surface area contributed by atoms with Crippen LogP contribution in [0.4, 0.5) is 5.69 Å². The summed E-state index contributed by atoms with van der Waals surface area (Å²) in [5, 5.41) is 5.53. The molecule has 1 N–H and O–H groups in total. The fourth-order valence-electron chi connectivity index (χ4n) is 3.19. The zero-order valence-electron chi connectivity index (χ0n) is 15.8. The Morgan fingerprint density at radius 1 is 1.07 bits per heavy atom. The van der Waals surface area contributed by atoms with Gasteiger partial charge < -0.3 is 5.32 Å². The first-order valence-corrected chi connectivity index (χ1v) is 10.9. The number of thioether (sulfide) groups is 1. The number of thiocarbonyl (C=S) groups is 1. The third kappa shape index (κ3) is 4.41. The molecule has 4 nitrogen and oxygen atoms in total. The van der Waals surface area contributed by atoms with E-state index in [2.05, 4.69) is 5.32 Å². The Morgan fingerprint density at radius 3 is 2.63 bits per heavy atom. The molecule has 0 aromatic heterocycles. The van der Waals surface area contributed by atoms with Crippen molar-refractivity contribution >= 4 is 74.3 Å². The molecule has 3 aromatic rings. The van der Waals surface area contributed by atoms with Gasteiger partial charge in [0.1, 0.15) is 4.32 Å². The SMILES string of the molecule is O=C(CCN1C(=O)C(=Cc2ccccc2Cl)SC1=S)Nc1cccc2ccccc12. The second-order valence-corrected chi connectivity index (χ2v) is 8.76. The van der Waals surface area contributed by atoms with Gasteiger partial charge in [-0.15, -0.1) is 0 Å². The molecule has 3 aromatic carbocycles. The first kappa shape index (κ1) is 20.6. The fourth-order valence-corrected chi connectivity index (χ4v) is 4.68. The molecule has 2 amide bonds. The van der Waals surface area contributed by atoms with Crippen LogP contribution < -0.4 is 5.32 Å². The molecule has 0 radical (unpaired) electrons. The summed E-state index contributed by atoms with van der Waals surface area (Å²) in [5.74, 6) is -0.377. The lowest BCUT2D eigenvalue weighted by Gasteiger charge is -2.14. The van der Waals surface area contributed by atoms with Gasteiger partial charge in [-0.05, 0) is 29.2 Å². The van der Waals surface area contributed by atoms with Crippen LogP contribution in [-0.2, 0) is 9.59 Å². The fraction of sp³-hybridized carbons (Fsp3) is 0.0870. The zero-order chi connectivity index (χ0) is 21.1. The summed E-state index contributed by atoms with van der Waals surface area (Å²) in [4.78, 5) is 27.2. The van der Waals surface area contributed by atoms with Gasteiger partial charge >= 0.3 is 0 Å². The minimum absolute atomic E-state index is 0.148. The largest absolute Gasteiger partial charge is 0.325 e. The average molecular weight is 453 g/mol. The van der Waals surface area contributed by atoms with Gasteiger partial charge in [-0.2, -0.15) is 0 Å². The topological polar surface area (TPSA) is 49.4 Å². The number of amides is 2. The number of hydrogen-bond donors (Lipinski definition) is 1. The van der Waals surface area contributed by atoms with Gasteiger partial charge in [0.25, 0.3) is 5.91 Å². The van der Waals surface area contributed by atoms with Crippen LogP contribution >= 0.6 is 35.6 Å². The van der Waals surface area contributed by atoms with Crippen molar-refractivity contribution in [3.63, 3.8) is 0 Å². The van der Waals surface area contributed by atoms with E-state index in [-0.39, 0.29) is 24.8 Å². The number of rotatable bonds is 5. The van der Waals surface area contributed by atoms with Crippen molar-refractivity contribution in [2.75, 3.05) is 11.9 Å². The number of anilines is 1. The molecule has 1 heterocycles. The molecule has 0 spiro atoms. The van der Waals surface area contributed by atoms with Crippen LogP contribution in [-0.4, -0.2) is 27.6 Å². The Kier molecular flexibility index (Phi) is 6.18. The predicted molar refractivity (Wildman–Crippen MR) is 129 cm³/mol. The van der Waals surface area contributed by atoms with Crippen LogP contribution in [0.5, 0.6) is 0 Å². The Bertz CT molecular complexity index is 1190. The average Bonchev–Trinajstić information content (AvgIpc) is 3.01. The maximum absolute atomic E-state index is 12.8. The molecule has 1 saturated heterocycles. The summed E-state index contributed by atoms with van der Waals surface area (Å²) in [6, 6.07) is 20.9. The maximum atomic E-state index is 12.8. The van der Waals surface area contributed by atoms with E-state index in [0.29, 0.717) is 14.2 Å². The quantitative estimate of drug-likeness (QED) is 0.397. The molecule has 0 unspecified atom stereocenters. The van der Waals surface area contributed by atoms with E-state index in [9.17, 15) is 9.59 Å². The molecule has 150 valence electrons. The van der Waals surface area contributed by atoms with E-state index in [1.165, 1.54) is 16.7 Å². The van der Waals surface area contributed by atoms with Gasteiger partial charge in [-0.3, -0.25) is 14.5 Å². The van der Waals surface area contributed by atoms with Gasteiger partial charge in [0.05, 0.1) is 4.91 Å². The second kappa shape index (κ2) is 9.00. The molecule has 7 heteroatoms. The van der Waals surface area contributed by atoms with Crippen LogP contribution in [0.3, 0.4) is 0 Å². The second-order valence-electron chi connectivity index (χ2n) is 6.68. The zero-order valence-corrected chi connectivity index (χ0v) is 18.2. The van der Waals surface area contributed by atoms with Crippen molar-refractivity contribution in [3.8, 4) is 0 Å². The van der Waals surface area contributed by atoms with Crippen molar-refractivity contribution < 1.29 is 9.59 Å². The summed E-state index contributed by atoms with van der Waals surface area (Å²) < 4.78 is 0.441. The number of carbonyl (C=O) groups is 2. The predicted octanol–water partition coefficient (Wildman–Crippen LogP) is 5.72. The highest BCUT2D eigenvalue weighted by Gasteiger charge is 2.32. The van der Waals surface area contributed by atoms with E-state index in [1.54, 1.807) is 12.1 Å². The minimum Gasteiger partial charge on any atom is -0.325 e. The Balaban J connectivity index is 1.42. The summed E-state index contributed by atoms with van der Waals surface area (Å²) >= 11 is 12.8. The monoisotopic (exact) mass is 452 g/mol. The highest BCUT2D eigenvalue weighted by Crippen LogP contribution is 2.33. The molecule has 1 aliphatic heterocycles. The highest BCUT2D eigenvalue weighted by molar-refractivity contribution is 8.26. The smallest absolute Gasteiger partial charge is 0.266 e. The van der Waals surface area contributed by atoms with Crippen molar-refractivity contribution in [1.82, 2.24) is 4.90 Å². The lowest BCUT2D eigenvalue weighted by atomic mass is 10.1. The van der Waals surface area contributed by atoms with E-state index in [4.69, 9.17) is 23.8 Å². The molecule has 0 bridgehead atoms. The van der Waals surface area contributed by atoms with Crippen LogP contribution in [0.15, 0.2) is 71.6 Å². The summed E-state index contributed by atoms with van der Waals surface area (Å²) in [7, 11) is 0. The first-order valence-electron chi connectivity index (χ1n) is 9.30. The number of nitrogens with zero attached hydrogens (tertiary/aromatic N) is 1. The molecule has 4 rings (SSSR count). The lowest BCUT2D eigenvalue weighted by molar-refractivity contribution is -0.122. The van der Waals surface area contributed by atoms with E-state index in [1.807, 2.05) is 60.7 Å². The van der Waals surface area contributed by atoms with Gasteiger partial charge in [0.15, 0.2) is 0 Å². The first-order chi connectivity index (χ1) is 14.5. The van der Waals surface area contributed by atoms with Gasteiger partial charge in [-0.25, -0.2) is 0 Å². The summed E-state index contributed by atoms with van der Waals surface area (Å²) in [5.41, 5.74) is 1.51. The van der Waals surface area contributed by atoms with Crippen molar-refractivity contribution in [1.29, 1.82) is 0 Å². The van der Waals surface area contributed by atoms with Crippen LogP contribution in [0.2, 0.25) is 5.02 Å². The standard InChI is InChI=1S/C23H17ClN2O2S2/c24-18-10-4-2-7-16(18)14-20-22(28)26(23(29)30-20)13-12-21(27)25-19-11-5-8-15-6-1-3-9-17(15)19/h1-11,14H,12-13H2,(H,25,27). The number of nitrogens with one attached hydrogen (secondary N) is 1. The van der Waals surface area contributed by atoms with Crippen LogP contribution in [0.25, 0.3) is 16.8 Å². The number of carbonyl (C=O) groups excluding carboxylic acids is 2. The number of benzene rings is 3. The van der Waals surface area contributed by atoms with Crippen LogP contribution in [0.1, 0.15) is 12.0 Å². The summed E-state index contributed by atoms with van der Waals surface area (Å²) in [6.07, 6.45) is 1.88. The van der Waals surface area contributed by atoms with E-state index >= 15 is 0 Å². The highest BCUT2D eigenvalue weighted by atomic mass is 35.5. The van der Waals surface area contributed by atoms with Crippen LogP contribution in [0, 0.1) is 0 Å². The minimum atomic E-state index is -0.206. The Morgan fingerprint density at radius 2 is 1.80 bits per heavy atom. The third-order valence-electron chi connectivity index (χ3n) is 4.69. The van der Waals surface area contributed by atoms with Gasteiger partial charge in [-0.1, -0.05) is 90.2 Å². The molecule has 30 heavy (non-hydrogen) atoms. The molecule has 1 fully saturated rings. The third-order valence-corrected chi connectivity index (χ3v) is 6.41. The molecule has 1 aliphatic rings. The lowest BCUT2D eigenvalue weighted by Crippen LogP contribution is -2.31. The molecule has 0 atom stereocenters. The molecule has 0 saturated carbocycles. The van der Waals surface area contributed by atoms with E-state index < -0.39 is 0 Å². The van der Waals surface area contributed by atoms with Crippen molar-refractivity contribution in [2.24, 2.45) is 0 Å². The molecular weight excluding hydrogens is 436 g/mol. The number of hydrogen-bond acceptors (Lipinski definition) is 4.